The van der Waals surface area contributed by atoms with Gasteiger partial charge in [0.2, 0.25) is 5.91 Å². The molecule has 0 radical (unpaired) electrons. The molecule has 4 heteroatoms. The molecule has 2 fully saturated rings. The maximum atomic E-state index is 11.6. The van der Waals surface area contributed by atoms with Crippen LogP contribution in [0, 0.1) is 5.92 Å². The molecule has 2 aliphatic heterocycles. The highest BCUT2D eigenvalue weighted by Crippen LogP contribution is 2.22. The van der Waals surface area contributed by atoms with Crippen molar-refractivity contribution in [1.29, 1.82) is 0 Å². The topological polar surface area (TPSA) is 44.4 Å². The van der Waals surface area contributed by atoms with Crippen molar-refractivity contribution in [3.63, 3.8) is 0 Å². The molecular weight excluding hydrogens is 214 g/mol. The van der Waals surface area contributed by atoms with Gasteiger partial charge in [0.25, 0.3) is 0 Å². The van der Waals surface area contributed by atoms with Crippen LogP contribution in [0.4, 0.5) is 0 Å². The van der Waals surface area contributed by atoms with E-state index in [9.17, 15) is 4.79 Å². The van der Waals surface area contributed by atoms with Crippen molar-refractivity contribution >= 4 is 5.91 Å². The van der Waals surface area contributed by atoms with Crippen molar-refractivity contribution in [3.05, 3.63) is 0 Å². The zero-order chi connectivity index (χ0) is 12.1. The molecule has 1 unspecified atom stereocenters. The van der Waals surface area contributed by atoms with Crippen molar-refractivity contribution in [3.8, 4) is 0 Å². The van der Waals surface area contributed by atoms with Gasteiger partial charge in [0, 0.05) is 19.0 Å². The summed E-state index contributed by atoms with van der Waals surface area (Å²) in [4.78, 5) is 14.1. The normalized spacial score (nSPS) is 28.8. The molecule has 1 amide bonds. The summed E-state index contributed by atoms with van der Waals surface area (Å²) in [7, 11) is 2.03. The van der Waals surface area contributed by atoms with Gasteiger partial charge in [0.1, 0.15) is 0 Å². The molecule has 0 saturated carbocycles. The maximum absolute atomic E-state index is 11.6. The smallest absolute Gasteiger partial charge is 0.221 e. The van der Waals surface area contributed by atoms with Crippen LogP contribution in [0.5, 0.6) is 0 Å². The minimum atomic E-state index is 0.241. The Balaban J connectivity index is 1.80. The zero-order valence-corrected chi connectivity index (χ0v) is 10.9. The third-order valence-corrected chi connectivity index (χ3v) is 4.12. The Kier molecular flexibility index (Phi) is 4.80. The molecule has 98 valence electrons. The summed E-state index contributed by atoms with van der Waals surface area (Å²) in [5.41, 5.74) is 0. The fourth-order valence-corrected chi connectivity index (χ4v) is 3.08. The number of carbonyl (C=O) groups is 1. The van der Waals surface area contributed by atoms with Gasteiger partial charge in [0.15, 0.2) is 0 Å². The van der Waals surface area contributed by atoms with Crippen LogP contribution in [-0.2, 0) is 4.79 Å². The van der Waals surface area contributed by atoms with Gasteiger partial charge in [-0.2, -0.15) is 0 Å². The lowest BCUT2D eigenvalue weighted by molar-refractivity contribution is -0.121. The predicted octanol–water partition coefficient (Wildman–Crippen LogP) is 0.587. The summed E-state index contributed by atoms with van der Waals surface area (Å²) in [6.45, 7) is 4.35. The number of amides is 1. The molecule has 2 heterocycles. The van der Waals surface area contributed by atoms with Gasteiger partial charge in [-0.15, -0.1) is 0 Å². The first kappa shape index (κ1) is 12.8. The zero-order valence-electron chi connectivity index (χ0n) is 10.9. The van der Waals surface area contributed by atoms with Crippen LogP contribution in [0.25, 0.3) is 0 Å². The first-order chi connectivity index (χ1) is 8.29. The Bertz CT molecular complexity index is 249. The third-order valence-electron chi connectivity index (χ3n) is 4.12. The Morgan fingerprint density at radius 3 is 2.82 bits per heavy atom. The second-order valence-corrected chi connectivity index (χ2v) is 5.39. The van der Waals surface area contributed by atoms with Crippen LogP contribution >= 0.6 is 0 Å². The molecule has 0 aromatic rings. The van der Waals surface area contributed by atoms with Crippen LogP contribution in [0.3, 0.4) is 0 Å². The number of hydrogen-bond acceptors (Lipinski definition) is 3. The number of nitrogens with zero attached hydrogens (tertiary/aromatic N) is 1. The first-order valence-electron chi connectivity index (χ1n) is 6.95. The molecule has 0 aromatic heterocycles. The average Bonchev–Trinajstić information content (AvgIpc) is 2.55. The third kappa shape index (κ3) is 3.68. The van der Waals surface area contributed by atoms with Crippen molar-refractivity contribution in [2.75, 3.05) is 33.2 Å². The highest BCUT2D eigenvalue weighted by molar-refractivity contribution is 5.76. The van der Waals surface area contributed by atoms with E-state index in [1.807, 2.05) is 7.05 Å². The first-order valence-corrected chi connectivity index (χ1v) is 6.95. The second-order valence-electron chi connectivity index (χ2n) is 5.39. The molecule has 2 N–H and O–H groups in total. The number of likely N-dealkylation sites (tertiary alicyclic amines) is 1. The van der Waals surface area contributed by atoms with E-state index in [2.05, 4.69) is 15.5 Å². The van der Waals surface area contributed by atoms with Gasteiger partial charge in [-0.3, -0.25) is 9.69 Å². The Morgan fingerprint density at radius 2 is 2.12 bits per heavy atom. The van der Waals surface area contributed by atoms with Crippen LogP contribution in [0.2, 0.25) is 0 Å². The Morgan fingerprint density at radius 1 is 1.35 bits per heavy atom. The SMILES string of the molecule is CNCC1CCN(C2CCCNC(=O)C2)CC1. The quantitative estimate of drug-likeness (QED) is 0.757. The van der Waals surface area contributed by atoms with E-state index in [4.69, 9.17) is 0 Å². The average molecular weight is 239 g/mol. The van der Waals surface area contributed by atoms with Gasteiger partial charge >= 0.3 is 0 Å². The van der Waals surface area contributed by atoms with E-state index >= 15 is 0 Å². The summed E-state index contributed by atoms with van der Waals surface area (Å²) >= 11 is 0. The highest BCUT2D eigenvalue weighted by atomic mass is 16.1. The number of hydrogen-bond donors (Lipinski definition) is 2. The van der Waals surface area contributed by atoms with Crippen molar-refractivity contribution in [2.45, 2.75) is 38.1 Å². The molecule has 0 aromatic carbocycles. The minimum Gasteiger partial charge on any atom is -0.356 e. The number of piperidine rings is 1. The Hall–Kier alpha value is -0.610. The van der Waals surface area contributed by atoms with Crippen molar-refractivity contribution < 1.29 is 4.79 Å². The molecular formula is C13H25N3O. The molecule has 4 nitrogen and oxygen atoms in total. The van der Waals surface area contributed by atoms with E-state index in [0.717, 1.165) is 25.4 Å². The minimum absolute atomic E-state index is 0.241. The van der Waals surface area contributed by atoms with Crippen LogP contribution < -0.4 is 10.6 Å². The number of carbonyl (C=O) groups excluding carboxylic acids is 1. The van der Waals surface area contributed by atoms with Gasteiger partial charge < -0.3 is 10.6 Å². The van der Waals surface area contributed by atoms with Crippen LogP contribution in [-0.4, -0.2) is 50.1 Å². The van der Waals surface area contributed by atoms with E-state index < -0.39 is 0 Å². The van der Waals surface area contributed by atoms with Gasteiger partial charge in [0.05, 0.1) is 0 Å². The summed E-state index contributed by atoms with van der Waals surface area (Å²) in [5, 5.41) is 6.23. The fourth-order valence-electron chi connectivity index (χ4n) is 3.08. The maximum Gasteiger partial charge on any atom is 0.221 e. The van der Waals surface area contributed by atoms with Crippen LogP contribution in [0.15, 0.2) is 0 Å². The lowest BCUT2D eigenvalue weighted by atomic mass is 9.94. The molecule has 2 saturated heterocycles. The lowest BCUT2D eigenvalue weighted by Crippen LogP contribution is -2.43. The predicted molar refractivity (Wildman–Crippen MR) is 68.9 cm³/mol. The lowest BCUT2D eigenvalue weighted by Gasteiger charge is -2.36. The second kappa shape index (κ2) is 6.36. The molecule has 0 aliphatic carbocycles. The molecule has 2 aliphatic rings. The summed E-state index contributed by atoms with van der Waals surface area (Å²) < 4.78 is 0. The van der Waals surface area contributed by atoms with E-state index in [1.54, 1.807) is 0 Å². The fraction of sp³-hybridized carbons (Fsp3) is 0.923. The van der Waals surface area contributed by atoms with Crippen molar-refractivity contribution in [2.24, 2.45) is 5.92 Å². The molecule has 1 atom stereocenters. The van der Waals surface area contributed by atoms with Crippen molar-refractivity contribution in [1.82, 2.24) is 15.5 Å². The van der Waals surface area contributed by atoms with E-state index in [0.29, 0.717) is 12.5 Å². The number of rotatable bonds is 3. The highest BCUT2D eigenvalue weighted by Gasteiger charge is 2.27. The van der Waals surface area contributed by atoms with E-state index in [1.165, 1.54) is 32.4 Å². The Labute approximate surface area is 104 Å². The monoisotopic (exact) mass is 239 g/mol. The summed E-state index contributed by atoms with van der Waals surface area (Å²) in [5.74, 6) is 1.07. The van der Waals surface area contributed by atoms with Gasteiger partial charge in [-0.25, -0.2) is 0 Å². The summed E-state index contributed by atoms with van der Waals surface area (Å²) in [6.07, 6.45) is 5.57. The van der Waals surface area contributed by atoms with E-state index in [-0.39, 0.29) is 5.91 Å². The number of nitrogens with one attached hydrogen (secondary N) is 2. The van der Waals surface area contributed by atoms with Gasteiger partial charge in [-0.05, 0) is 58.3 Å². The summed E-state index contributed by atoms with van der Waals surface area (Å²) in [6, 6.07) is 0.494. The molecule has 0 bridgehead atoms. The standard InChI is InChI=1S/C13H25N3O/c1-14-10-11-4-7-16(8-5-11)12-3-2-6-15-13(17)9-12/h11-12,14H,2-10H2,1H3,(H,15,17). The largest absolute Gasteiger partial charge is 0.356 e. The van der Waals surface area contributed by atoms with Crippen LogP contribution in [0.1, 0.15) is 32.1 Å². The molecule has 0 spiro atoms. The molecule has 2 rings (SSSR count). The molecule has 17 heavy (non-hydrogen) atoms. The van der Waals surface area contributed by atoms with Gasteiger partial charge in [-0.1, -0.05) is 0 Å².